The number of nitrogens with zero attached hydrogens (tertiary/aromatic N) is 1. The molecule has 0 unspecified atom stereocenters. The molecule has 0 radical (unpaired) electrons. The fourth-order valence-corrected chi connectivity index (χ4v) is 2.53. The Morgan fingerprint density at radius 3 is 2.39 bits per heavy atom. The van der Waals surface area contributed by atoms with Gasteiger partial charge in [-0.25, -0.2) is 23.8 Å². The van der Waals surface area contributed by atoms with E-state index in [9.17, 15) is 23.2 Å². The Morgan fingerprint density at radius 1 is 1.25 bits per heavy atom. The Kier molecular flexibility index (Phi) is 8.33. The fourth-order valence-electron chi connectivity index (χ4n) is 1.95. The predicted molar refractivity (Wildman–Crippen MR) is 105 cm³/mol. The zero-order chi connectivity index (χ0) is 21.6. The highest BCUT2D eigenvalue weighted by molar-refractivity contribution is 14.1. The van der Waals surface area contributed by atoms with Gasteiger partial charge in [0, 0.05) is 16.8 Å². The van der Waals surface area contributed by atoms with Crippen LogP contribution in [0.5, 0.6) is 0 Å². The molecule has 1 amide bonds. The first kappa shape index (κ1) is 23.8. The summed E-state index contributed by atoms with van der Waals surface area (Å²) < 4.78 is 37.9. The molecular weight excluding hydrogens is 489 g/mol. The lowest BCUT2D eigenvalue weighted by Crippen LogP contribution is -2.40. The molecule has 0 fully saturated rings. The summed E-state index contributed by atoms with van der Waals surface area (Å²) in [5.74, 6) is -4.75. The molecule has 154 valence electrons. The highest BCUT2D eigenvalue weighted by Crippen LogP contribution is 2.20. The highest BCUT2D eigenvalue weighted by Gasteiger charge is 2.27. The number of esters is 1. The van der Waals surface area contributed by atoms with E-state index in [1.54, 1.807) is 43.4 Å². The minimum absolute atomic E-state index is 0.0458. The second kappa shape index (κ2) is 9.80. The molecule has 7 nitrogen and oxygen atoms in total. The molecule has 1 rings (SSSR count). The smallest absolute Gasteiger partial charge is 0.426 e. The Hall–Kier alpha value is -2.24. The summed E-state index contributed by atoms with van der Waals surface area (Å²) in [6.07, 6.45) is 0.106. The molecule has 0 spiro atoms. The van der Waals surface area contributed by atoms with Gasteiger partial charge in [0.25, 0.3) is 0 Å². The Morgan fingerprint density at radius 2 is 1.86 bits per heavy atom. The summed E-state index contributed by atoms with van der Waals surface area (Å²) in [6, 6.07) is 2.02. The van der Waals surface area contributed by atoms with Crippen molar-refractivity contribution in [1.82, 2.24) is 10.4 Å². The van der Waals surface area contributed by atoms with Crippen LogP contribution < -0.4 is 5.43 Å². The molecule has 1 N–H and O–H groups in total. The first-order valence-electron chi connectivity index (χ1n) is 8.16. The maximum atomic E-state index is 14.1. The first-order valence-corrected chi connectivity index (χ1v) is 9.24. The second-order valence-corrected chi connectivity index (χ2v) is 7.81. The number of rotatable bonds is 6. The number of ether oxygens (including phenoxy) is 2. The van der Waals surface area contributed by atoms with Crippen LogP contribution in [0.2, 0.25) is 0 Å². The van der Waals surface area contributed by atoms with Gasteiger partial charge >= 0.3 is 12.1 Å². The van der Waals surface area contributed by atoms with Crippen molar-refractivity contribution in [2.24, 2.45) is 0 Å². The minimum atomic E-state index is -1.39. The van der Waals surface area contributed by atoms with E-state index in [1.807, 2.05) is 0 Å². The topological polar surface area (TPSA) is 84.9 Å². The van der Waals surface area contributed by atoms with Gasteiger partial charge in [0.05, 0.1) is 12.2 Å². The van der Waals surface area contributed by atoms with Crippen LogP contribution in [-0.4, -0.2) is 42.1 Å². The molecule has 0 aliphatic heterocycles. The second-order valence-electron chi connectivity index (χ2n) is 6.57. The van der Waals surface area contributed by atoms with E-state index in [0.29, 0.717) is 0 Å². The number of halogens is 3. The molecular formula is C18H21F2IN2O5. The molecule has 0 aliphatic rings. The molecule has 0 aliphatic carbocycles. The van der Waals surface area contributed by atoms with E-state index in [4.69, 9.17) is 9.47 Å². The van der Waals surface area contributed by atoms with Gasteiger partial charge in [-0.05, 0) is 62.4 Å². The summed E-state index contributed by atoms with van der Waals surface area (Å²) in [4.78, 5) is 36.7. The first-order chi connectivity index (χ1) is 12.9. The van der Waals surface area contributed by atoms with Gasteiger partial charge in [0.15, 0.2) is 11.6 Å². The predicted octanol–water partition coefficient (Wildman–Crippen LogP) is 3.57. The molecule has 0 saturated heterocycles. The van der Waals surface area contributed by atoms with Crippen LogP contribution in [-0.2, 0) is 14.3 Å². The van der Waals surface area contributed by atoms with Crippen molar-refractivity contribution in [2.45, 2.75) is 33.3 Å². The molecule has 0 heterocycles. The van der Waals surface area contributed by atoms with E-state index >= 15 is 0 Å². The zero-order valence-corrected chi connectivity index (χ0v) is 18.2. The summed E-state index contributed by atoms with van der Waals surface area (Å²) in [5.41, 5.74) is 0.279. The van der Waals surface area contributed by atoms with Crippen LogP contribution in [0.15, 0.2) is 23.9 Å². The van der Waals surface area contributed by atoms with Crippen molar-refractivity contribution < 1.29 is 32.6 Å². The molecule has 28 heavy (non-hydrogen) atoms. The van der Waals surface area contributed by atoms with E-state index in [0.717, 1.165) is 23.3 Å². The van der Waals surface area contributed by atoms with E-state index in [1.165, 1.54) is 14.0 Å². The number of hydrazine groups is 1. The number of amides is 1. The monoisotopic (exact) mass is 510 g/mol. The molecule has 0 saturated carbocycles. The van der Waals surface area contributed by atoms with Gasteiger partial charge in [-0.2, -0.15) is 0 Å². The summed E-state index contributed by atoms with van der Waals surface area (Å²) in [6.45, 7) is 6.45. The SMILES string of the molecule is CCOC(=O)C(=CN(C)NC(=O)OC(C)(C)C)C(=O)c1cc(I)cc(F)c1F. The van der Waals surface area contributed by atoms with Crippen LogP contribution in [0, 0.1) is 15.2 Å². The third-order valence-electron chi connectivity index (χ3n) is 2.97. The van der Waals surface area contributed by atoms with E-state index in [-0.39, 0.29) is 10.2 Å². The Labute approximate surface area is 175 Å². The maximum Gasteiger partial charge on any atom is 0.426 e. The molecule has 10 heteroatoms. The molecule has 0 bridgehead atoms. The molecule has 0 atom stereocenters. The number of carbonyl (C=O) groups is 3. The molecule has 1 aromatic rings. The third-order valence-corrected chi connectivity index (χ3v) is 3.59. The number of hydrogen-bond acceptors (Lipinski definition) is 6. The molecule has 1 aromatic carbocycles. The van der Waals surface area contributed by atoms with Crippen molar-refractivity contribution in [3.8, 4) is 0 Å². The lowest BCUT2D eigenvalue weighted by atomic mass is 10.0. The van der Waals surface area contributed by atoms with E-state index < -0.39 is 46.2 Å². The van der Waals surface area contributed by atoms with Crippen molar-refractivity contribution in [2.75, 3.05) is 13.7 Å². The summed E-state index contributed by atoms with van der Waals surface area (Å²) in [7, 11) is 1.32. The van der Waals surface area contributed by atoms with Crippen molar-refractivity contribution in [3.63, 3.8) is 0 Å². The standard InChI is InChI=1S/C18H21F2IN2O5/c1-6-27-16(25)12(9-23(5)22-17(26)28-18(2,3)4)15(24)11-7-10(21)8-13(19)14(11)20/h7-9H,6H2,1-5H3,(H,22,26). The number of nitrogens with one attached hydrogen (secondary N) is 1. The van der Waals surface area contributed by atoms with Crippen LogP contribution in [0.1, 0.15) is 38.1 Å². The number of hydrogen-bond donors (Lipinski definition) is 1. The van der Waals surface area contributed by atoms with Gasteiger partial charge in [0.1, 0.15) is 11.2 Å². The van der Waals surface area contributed by atoms with Gasteiger partial charge in [-0.1, -0.05) is 0 Å². The lowest BCUT2D eigenvalue weighted by Gasteiger charge is -2.23. The van der Waals surface area contributed by atoms with Crippen LogP contribution in [0.25, 0.3) is 0 Å². The number of benzene rings is 1. The normalized spacial score (nSPS) is 11.6. The van der Waals surface area contributed by atoms with Crippen molar-refractivity contribution in [1.29, 1.82) is 0 Å². The van der Waals surface area contributed by atoms with Gasteiger partial charge in [0.2, 0.25) is 5.78 Å². The number of Topliss-reactive ketones (excluding diaryl/α,β-unsaturated/α-hetero) is 1. The van der Waals surface area contributed by atoms with Crippen molar-refractivity contribution in [3.05, 3.63) is 44.7 Å². The number of carbonyl (C=O) groups excluding carboxylic acids is 3. The maximum absolute atomic E-state index is 14.1. The lowest BCUT2D eigenvalue weighted by molar-refractivity contribution is -0.138. The Bertz CT molecular complexity index is 806. The fraction of sp³-hybridized carbons (Fsp3) is 0.389. The van der Waals surface area contributed by atoms with Crippen LogP contribution >= 0.6 is 22.6 Å². The van der Waals surface area contributed by atoms with Gasteiger partial charge in [-0.15, -0.1) is 0 Å². The van der Waals surface area contributed by atoms with Crippen molar-refractivity contribution >= 4 is 40.4 Å². The van der Waals surface area contributed by atoms with Gasteiger partial charge in [-0.3, -0.25) is 9.80 Å². The summed E-state index contributed by atoms with van der Waals surface area (Å²) >= 11 is 1.71. The zero-order valence-electron chi connectivity index (χ0n) is 16.1. The Balaban J connectivity index is 3.22. The number of ketones is 1. The van der Waals surface area contributed by atoms with Crippen LogP contribution in [0.3, 0.4) is 0 Å². The minimum Gasteiger partial charge on any atom is -0.462 e. The highest BCUT2D eigenvalue weighted by atomic mass is 127. The summed E-state index contributed by atoms with van der Waals surface area (Å²) in [5, 5.41) is 0.987. The largest absolute Gasteiger partial charge is 0.462 e. The third kappa shape index (κ3) is 7.06. The average Bonchev–Trinajstić information content (AvgIpc) is 2.53. The quantitative estimate of drug-likeness (QED) is 0.0921. The molecule has 0 aromatic heterocycles. The van der Waals surface area contributed by atoms with Gasteiger partial charge < -0.3 is 9.47 Å². The van der Waals surface area contributed by atoms with E-state index in [2.05, 4.69) is 5.43 Å². The average molecular weight is 510 g/mol. The van der Waals surface area contributed by atoms with Crippen LogP contribution in [0.4, 0.5) is 13.6 Å².